The third-order valence-electron chi connectivity index (χ3n) is 1.56. The maximum Gasteiger partial charge on any atom is 0.348 e. The minimum atomic E-state index is -0.308. The van der Waals surface area contributed by atoms with Crippen LogP contribution in [0, 0.1) is 0 Å². The number of rotatable bonds is 2. The van der Waals surface area contributed by atoms with Gasteiger partial charge in [0.1, 0.15) is 4.88 Å². The molecule has 0 saturated heterocycles. The van der Waals surface area contributed by atoms with Crippen LogP contribution in [0.4, 0.5) is 0 Å². The number of thiophene rings is 1. The van der Waals surface area contributed by atoms with Crippen molar-refractivity contribution in [3.8, 4) is 0 Å². The van der Waals surface area contributed by atoms with Crippen LogP contribution < -0.4 is 5.73 Å². The normalized spacial score (nSPS) is 12.6. The van der Waals surface area contributed by atoms with Gasteiger partial charge < -0.3 is 10.5 Å². The van der Waals surface area contributed by atoms with Crippen molar-refractivity contribution < 1.29 is 9.53 Å². The van der Waals surface area contributed by atoms with Gasteiger partial charge in [0.15, 0.2) is 0 Å². The lowest BCUT2D eigenvalue weighted by Gasteiger charge is -2.04. The molecule has 1 atom stereocenters. The lowest BCUT2D eigenvalue weighted by molar-refractivity contribution is 0.0604. The van der Waals surface area contributed by atoms with Gasteiger partial charge in [-0.1, -0.05) is 0 Å². The zero-order valence-corrected chi connectivity index (χ0v) is 7.85. The molecule has 2 N–H and O–H groups in total. The quantitative estimate of drug-likeness (QED) is 0.711. The molecule has 0 amide bonds. The Kier molecular flexibility index (Phi) is 2.83. The zero-order chi connectivity index (χ0) is 9.14. The predicted octanol–water partition coefficient (Wildman–Crippen LogP) is 1.55. The molecule has 1 rings (SSSR count). The van der Waals surface area contributed by atoms with Crippen LogP contribution in [0.15, 0.2) is 11.4 Å². The molecular weight excluding hydrogens is 174 g/mol. The molecule has 0 aromatic carbocycles. The first-order valence-electron chi connectivity index (χ1n) is 3.58. The lowest BCUT2D eigenvalue weighted by Crippen LogP contribution is -2.09. The number of ether oxygens (including phenoxy) is 1. The van der Waals surface area contributed by atoms with Gasteiger partial charge in [-0.25, -0.2) is 4.79 Å². The summed E-state index contributed by atoms with van der Waals surface area (Å²) in [6, 6.07) is 1.73. The molecule has 1 heterocycles. The average Bonchev–Trinajstić information content (AvgIpc) is 2.50. The molecule has 1 aromatic heterocycles. The molecule has 0 aliphatic rings. The van der Waals surface area contributed by atoms with Gasteiger partial charge in [-0.15, -0.1) is 11.3 Å². The second-order valence-corrected chi connectivity index (χ2v) is 3.40. The fourth-order valence-electron chi connectivity index (χ4n) is 0.936. The summed E-state index contributed by atoms with van der Waals surface area (Å²) < 4.78 is 4.60. The van der Waals surface area contributed by atoms with Crippen molar-refractivity contribution >= 4 is 17.3 Å². The van der Waals surface area contributed by atoms with E-state index in [0.717, 1.165) is 5.56 Å². The molecule has 0 unspecified atom stereocenters. The summed E-state index contributed by atoms with van der Waals surface area (Å²) >= 11 is 1.36. The summed E-state index contributed by atoms with van der Waals surface area (Å²) in [7, 11) is 1.37. The topological polar surface area (TPSA) is 52.3 Å². The molecule has 3 nitrogen and oxygen atoms in total. The summed E-state index contributed by atoms with van der Waals surface area (Å²) in [4.78, 5) is 11.7. The van der Waals surface area contributed by atoms with Crippen LogP contribution in [0.2, 0.25) is 0 Å². The molecule has 1 aromatic rings. The van der Waals surface area contributed by atoms with Crippen LogP contribution >= 0.6 is 11.3 Å². The van der Waals surface area contributed by atoms with Crippen LogP contribution in [0.3, 0.4) is 0 Å². The van der Waals surface area contributed by atoms with Crippen molar-refractivity contribution in [2.45, 2.75) is 13.0 Å². The average molecular weight is 185 g/mol. The van der Waals surface area contributed by atoms with Crippen LogP contribution in [-0.4, -0.2) is 13.1 Å². The van der Waals surface area contributed by atoms with E-state index in [4.69, 9.17) is 5.73 Å². The van der Waals surface area contributed by atoms with Gasteiger partial charge >= 0.3 is 5.97 Å². The molecule has 4 heteroatoms. The Morgan fingerprint density at radius 1 is 1.75 bits per heavy atom. The smallest absolute Gasteiger partial charge is 0.348 e. The molecule has 0 bridgehead atoms. The van der Waals surface area contributed by atoms with Crippen LogP contribution in [0.25, 0.3) is 0 Å². The maximum atomic E-state index is 11.1. The highest BCUT2D eigenvalue weighted by Gasteiger charge is 2.15. The van der Waals surface area contributed by atoms with Gasteiger partial charge in [-0.2, -0.15) is 0 Å². The summed E-state index contributed by atoms with van der Waals surface area (Å²) in [5.41, 5.74) is 6.50. The second kappa shape index (κ2) is 3.69. The van der Waals surface area contributed by atoms with Crippen LogP contribution in [-0.2, 0) is 4.74 Å². The van der Waals surface area contributed by atoms with Crippen molar-refractivity contribution in [1.29, 1.82) is 0 Å². The number of nitrogens with two attached hydrogens (primary N) is 1. The van der Waals surface area contributed by atoms with E-state index in [1.807, 2.05) is 18.4 Å². The van der Waals surface area contributed by atoms with E-state index in [-0.39, 0.29) is 12.0 Å². The molecule has 0 saturated carbocycles. The van der Waals surface area contributed by atoms with Gasteiger partial charge in [0, 0.05) is 6.04 Å². The SMILES string of the molecule is COC(=O)c1sccc1[C@@H](C)N. The summed E-state index contributed by atoms with van der Waals surface area (Å²) in [6.45, 7) is 1.84. The van der Waals surface area contributed by atoms with E-state index < -0.39 is 0 Å². The highest BCUT2D eigenvalue weighted by molar-refractivity contribution is 7.12. The lowest BCUT2D eigenvalue weighted by atomic mass is 10.1. The number of hydrogen-bond acceptors (Lipinski definition) is 4. The second-order valence-electron chi connectivity index (χ2n) is 2.49. The molecule has 0 radical (unpaired) electrons. The van der Waals surface area contributed by atoms with E-state index in [0.29, 0.717) is 4.88 Å². The van der Waals surface area contributed by atoms with E-state index in [2.05, 4.69) is 4.74 Å². The Labute approximate surface area is 75.1 Å². The fourth-order valence-corrected chi connectivity index (χ4v) is 1.86. The van der Waals surface area contributed by atoms with Gasteiger partial charge in [0.25, 0.3) is 0 Å². The third kappa shape index (κ3) is 1.65. The predicted molar refractivity (Wildman–Crippen MR) is 48.3 cm³/mol. The Hall–Kier alpha value is -0.870. The molecule has 0 fully saturated rings. The molecule has 0 aliphatic carbocycles. The van der Waals surface area contributed by atoms with E-state index >= 15 is 0 Å². The number of methoxy groups -OCH3 is 1. The summed E-state index contributed by atoms with van der Waals surface area (Å²) in [5.74, 6) is -0.308. The van der Waals surface area contributed by atoms with Crippen LogP contribution in [0.5, 0.6) is 0 Å². The van der Waals surface area contributed by atoms with Crippen molar-refractivity contribution in [3.63, 3.8) is 0 Å². The molecular formula is C8H11NO2S. The van der Waals surface area contributed by atoms with Crippen molar-refractivity contribution in [3.05, 3.63) is 21.9 Å². The highest BCUT2D eigenvalue weighted by atomic mass is 32.1. The minimum absolute atomic E-state index is 0.120. The maximum absolute atomic E-state index is 11.1. The summed E-state index contributed by atoms with van der Waals surface area (Å²) in [6.07, 6.45) is 0. The van der Waals surface area contributed by atoms with Gasteiger partial charge in [0.05, 0.1) is 7.11 Å². The Morgan fingerprint density at radius 3 is 2.92 bits per heavy atom. The number of esters is 1. The first-order chi connectivity index (χ1) is 5.66. The Balaban J connectivity index is 2.99. The van der Waals surface area contributed by atoms with Crippen LogP contribution in [0.1, 0.15) is 28.2 Å². The highest BCUT2D eigenvalue weighted by Crippen LogP contribution is 2.22. The van der Waals surface area contributed by atoms with E-state index in [1.165, 1.54) is 18.4 Å². The standard InChI is InChI=1S/C8H11NO2S/c1-5(9)6-3-4-12-7(6)8(10)11-2/h3-5H,9H2,1-2H3/t5-/m1/s1. The van der Waals surface area contributed by atoms with Gasteiger partial charge in [0.2, 0.25) is 0 Å². The first-order valence-corrected chi connectivity index (χ1v) is 4.46. The molecule has 66 valence electrons. The monoisotopic (exact) mass is 185 g/mol. The minimum Gasteiger partial charge on any atom is -0.465 e. The summed E-state index contributed by atoms with van der Waals surface area (Å²) in [5, 5.41) is 1.84. The molecule has 0 aliphatic heterocycles. The molecule has 12 heavy (non-hydrogen) atoms. The third-order valence-corrected chi connectivity index (χ3v) is 2.47. The molecule has 0 spiro atoms. The van der Waals surface area contributed by atoms with E-state index in [9.17, 15) is 4.79 Å². The Bertz CT molecular complexity index is 280. The van der Waals surface area contributed by atoms with Gasteiger partial charge in [-0.05, 0) is 23.9 Å². The van der Waals surface area contributed by atoms with Crippen molar-refractivity contribution in [2.75, 3.05) is 7.11 Å². The zero-order valence-electron chi connectivity index (χ0n) is 7.03. The number of carbonyl (C=O) groups is 1. The van der Waals surface area contributed by atoms with Gasteiger partial charge in [-0.3, -0.25) is 0 Å². The number of carbonyl (C=O) groups excluding carboxylic acids is 1. The fraction of sp³-hybridized carbons (Fsp3) is 0.375. The Morgan fingerprint density at radius 2 is 2.42 bits per heavy atom. The number of hydrogen-bond donors (Lipinski definition) is 1. The first kappa shape index (κ1) is 9.22. The van der Waals surface area contributed by atoms with Crippen molar-refractivity contribution in [1.82, 2.24) is 0 Å². The van der Waals surface area contributed by atoms with Crippen molar-refractivity contribution in [2.24, 2.45) is 5.73 Å². The van der Waals surface area contributed by atoms with E-state index in [1.54, 1.807) is 0 Å². The largest absolute Gasteiger partial charge is 0.465 e.